The van der Waals surface area contributed by atoms with Crippen LogP contribution in [0.3, 0.4) is 0 Å². The van der Waals surface area contributed by atoms with Gasteiger partial charge in [0.1, 0.15) is 12.2 Å². The molecule has 21 heavy (non-hydrogen) atoms. The van der Waals surface area contributed by atoms with Gasteiger partial charge in [-0.1, -0.05) is 0 Å². The maximum Gasteiger partial charge on any atom is 0.254 e. The normalized spacial score (nSPS) is 17.7. The van der Waals surface area contributed by atoms with E-state index in [9.17, 15) is 4.79 Å². The second-order valence-corrected chi connectivity index (χ2v) is 5.66. The highest BCUT2D eigenvalue weighted by Gasteiger charge is 2.36. The summed E-state index contributed by atoms with van der Waals surface area (Å²) in [6.45, 7) is 0.393. The first-order chi connectivity index (χ1) is 10.3. The van der Waals surface area contributed by atoms with Crippen LogP contribution in [-0.4, -0.2) is 30.6 Å². The molecule has 0 bridgehead atoms. The molecule has 7 nitrogen and oxygen atoms in total. The molecular weight excluding hydrogens is 268 g/mol. The second-order valence-electron chi connectivity index (χ2n) is 5.66. The van der Waals surface area contributed by atoms with Gasteiger partial charge in [-0.2, -0.15) is 0 Å². The number of carbonyl (C=O) groups excluding carboxylic acids is 1. The second kappa shape index (κ2) is 4.91. The molecule has 7 heteroatoms. The molecule has 2 aromatic rings. The van der Waals surface area contributed by atoms with Gasteiger partial charge >= 0.3 is 0 Å². The van der Waals surface area contributed by atoms with Gasteiger partial charge in [0.25, 0.3) is 5.91 Å². The SMILES string of the molecule is O=C(NCc1nnc(C2CC2)n1C1CC1)c1cncnc1. The maximum atomic E-state index is 12.0. The Balaban J connectivity index is 1.49. The van der Waals surface area contributed by atoms with Gasteiger partial charge in [-0.3, -0.25) is 4.79 Å². The number of nitrogens with zero attached hydrogens (tertiary/aromatic N) is 5. The first-order valence-corrected chi connectivity index (χ1v) is 7.30. The van der Waals surface area contributed by atoms with E-state index in [-0.39, 0.29) is 5.91 Å². The highest BCUT2D eigenvalue weighted by atomic mass is 16.1. The molecule has 0 aliphatic heterocycles. The van der Waals surface area contributed by atoms with Crippen LogP contribution in [0.2, 0.25) is 0 Å². The average Bonchev–Trinajstić information content (AvgIpc) is 3.44. The van der Waals surface area contributed by atoms with Crippen LogP contribution >= 0.6 is 0 Å². The van der Waals surface area contributed by atoms with Crippen molar-refractivity contribution in [3.63, 3.8) is 0 Å². The van der Waals surface area contributed by atoms with Crippen molar-refractivity contribution in [2.24, 2.45) is 0 Å². The molecule has 1 amide bonds. The minimum absolute atomic E-state index is 0.186. The largest absolute Gasteiger partial charge is 0.345 e. The van der Waals surface area contributed by atoms with Crippen molar-refractivity contribution in [1.29, 1.82) is 0 Å². The number of hydrogen-bond acceptors (Lipinski definition) is 5. The lowest BCUT2D eigenvalue weighted by atomic mass is 10.3. The van der Waals surface area contributed by atoms with Crippen LogP contribution in [0.1, 0.15) is 59.6 Å². The van der Waals surface area contributed by atoms with E-state index < -0.39 is 0 Å². The molecule has 1 N–H and O–H groups in total. The molecule has 4 rings (SSSR count). The Morgan fingerprint density at radius 1 is 1.19 bits per heavy atom. The van der Waals surface area contributed by atoms with Crippen LogP contribution in [0.5, 0.6) is 0 Å². The Labute approximate surface area is 121 Å². The molecule has 0 saturated heterocycles. The van der Waals surface area contributed by atoms with Crippen LogP contribution in [-0.2, 0) is 6.54 Å². The van der Waals surface area contributed by atoms with Gasteiger partial charge in [-0.25, -0.2) is 9.97 Å². The minimum Gasteiger partial charge on any atom is -0.345 e. The lowest BCUT2D eigenvalue weighted by Gasteiger charge is -2.09. The van der Waals surface area contributed by atoms with Crippen LogP contribution in [0.15, 0.2) is 18.7 Å². The first-order valence-electron chi connectivity index (χ1n) is 7.30. The molecule has 108 valence electrons. The molecule has 2 aliphatic rings. The zero-order valence-electron chi connectivity index (χ0n) is 11.6. The first kappa shape index (κ1) is 12.4. The Bertz CT molecular complexity index is 659. The van der Waals surface area contributed by atoms with Crippen LogP contribution in [0.4, 0.5) is 0 Å². The molecule has 2 aromatic heterocycles. The van der Waals surface area contributed by atoms with Crippen molar-refractivity contribution in [2.75, 3.05) is 0 Å². The third-order valence-corrected chi connectivity index (χ3v) is 3.88. The molecule has 0 unspecified atom stereocenters. The third kappa shape index (κ3) is 2.51. The predicted molar refractivity (Wildman–Crippen MR) is 73.5 cm³/mol. The minimum atomic E-state index is -0.186. The lowest BCUT2D eigenvalue weighted by Crippen LogP contribution is -2.25. The van der Waals surface area contributed by atoms with Crippen molar-refractivity contribution in [3.05, 3.63) is 35.9 Å². The van der Waals surface area contributed by atoms with Gasteiger partial charge < -0.3 is 9.88 Å². The van der Waals surface area contributed by atoms with E-state index >= 15 is 0 Å². The number of nitrogens with one attached hydrogen (secondary N) is 1. The fourth-order valence-electron chi connectivity index (χ4n) is 2.49. The van der Waals surface area contributed by atoms with Crippen molar-refractivity contribution in [3.8, 4) is 0 Å². The Hall–Kier alpha value is -2.31. The summed E-state index contributed by atoms with van der Waals surface area (Å²) in [5, 5.41) is 11.5. The number of aromatic nitrogens is 5. The third-order valence-electron chi connectivity index (χ3n) is 3.88. The van der Waals surface area contributed by atoms with Gasteiger partial charge in [-0.15, -0.1) is 10.2 Å². The van der Waals surface area contributed by atoms with Crippen molar-refractivity contribution < 1.29 is 4.79 Å². The smallest absolute Gasteiger partial charge is 0.254 e. The molecule has 2 aliphatic carbocycles. The Morgan fingerprint density at radius 3 is 2.62 bits per heavy atom. The van der Waals surface area contributed by atoms with Crippen molar-refractivity contribution >= 4 is 5.91 Å². The fraction of sp³-hybridized carbons (Fsp3) is 0.500. The molecule has 2 heterocycles. The summed E-state index contributed by atoms with van der Waals surface area (Å²) in [7, 11) is 0. The number of carbonyl (C=O) groups is 1. The van der Waals surface area contributed by atoms with E-state index in [1.165, 1.54) is 44.4 Å². The summed E-state index contributed by atoms with van der Waals surface area (Å²) in [5.41, 5.74) is 0.456. The number of rotatable bonds is 5. The Morgan fingerprint density at radius 2 is 1.95 bits per heavy atom. The Kier molecular flexibility index (Phi) is 2.90. The van der Waals surface area contributed by atoms with Crippen molar-refractivity contribution in [2.45, 2.75) is 44.2 Å². The van der Waals surface area contributed by atoms with Gasteiger partial charge in [0, 0.05) is 24.4 Å². The molecule has 0 atom stereocenters. The predicted octanol–water partition coefficient (Wildman–Crippen LogP) is 1.21. The quantitative estimate of drug-likeness (QED) is 0.892. The molecule has 0 aromatic carbocycles. The molecule has 0 spiro atoms. The molecule has 2 saturated carbocycles. The summed E-state index contributed by atoms with van der Waals surface area (Å²) in [4.78, 5) is 19.7. The van der Waals surface area contributed by atoms with Crippen LogP contribution in [0, 0.1) is 0 Å². The maximum absolute atomic E-state index is 12.0. The van der Waals surface area contributed by atoms with Crippen LogP contribution in [0.25, 0.3) is 0 Å². The van der Waals surface area contributed by atoms with E-state index in [1.807, 2.05) is 0 Å². The van der Waals surface area contributed by atoms with Crippen molar-refractivity contribution in [1.82, 2.24) is 30.0 Å². The van der Waals surface area contributed by atoms with Gasteiger partial charge in [0.05, 0.1) is 12.1 Å². The standard InChI is InChI=1S/C14H16N6O/c21-14(10-5-15-8-16-6-10)17-7-12-18-19-13(9-1-2-9)20(12)11-3-4-11/h5-6,8-9,11H,1-4,7H2,(H,17,21). The summed E-state index contributed by atoms with van der Waals surface area (Å²) >= 11 is 0. The number of hydrogen-bond donors (Lipinski definition) is 1. The molecule has 0 radical (unpaired) electrons. The van der Waals surface area contributed by atoms with E-state index in [0.29, 0.717) is 24.1 Å². The molecule has 2 fully saturated rings. The number of amides is 1. The summed E-state index contributed by atoms with van der Waals surface area (Å²) in [5.74, 6) is 2.34. The zero-order chi connectivity index (χ0) is 14.2. The van der Waals surface area contributed by atoms with E-state index in [2.05, 4.69) is 30.0 Å². The van der Waals surface area contributed by atoms with Crippen LogP contribution < -0.4 is 5.32 Å². The van der Waals surface area contributed by atoms with Gasteiger partial charge in [0.15, 0.2) is 5.82 Å². The average molecular weight is 284 g/mol. The lowest BCUT2D eigenvalue weighted by molar-refractivity contribution is 0.0948. The summed E-state index contributed by atoms with van der Waals surface area (Å²) < 4.78 is 2.24. The monoisotopic (exact) mass is 284 g/mol. The topological polar surface area (TPSA) is 85.6 Å². The zero-order valence-corrected chi connectivity index (χ0v) is 11.6. The van der Waals surface area contributed by atoms with Gasteiger partial charge in [-0.05, 0) is 25.7 Å². The summed E-state index contributed by atoms with van der Waals surface area (Å²) in [6, 6.07) is 0.530. The van der Waals surface area contributed by atoms with E-state index in [0.717, 1.165) is 11.6 Å². The molecular formula is C14H16N6O. The van der Waals surface area contributed by atoms with E-state index in [4.69, 9.17) is 0 Å². The highest BCUT2D eigenvalue weighted by Crippen LogP contribution is 2.44. The highest BCUT2D eigenvalue weighted by molar-refractivity contribution is 5.93. The van der Waals surface area contributed by atoms with E-state index in [1.54, 1.807) is 0 Å². The fourth-order valence-corrected chi connectivity index (χ4v) is 2.49. The van der Waals surface area contributed by atoms with Gasteiger partial charge in [0.2, 0.25) is 0 Å². The summed E-state index contributed by atoms with van der Waals surface area (Å²) in [6.07, 6.45) is 9.20.